The van der Waals surface area contributed by atoms with Gasteiger partial charge in [-0.15, -0.1) is 7.68 Å². The molecule has 86 valence electrons. The van der Waals surface area contributed by atoms with Crippen LogP contribution in [0.5, 0.6) is 0 Å². The van der Waals surface area contributed by atoms with E-state index in [2.05, 4.69) is 40.8 Å². The highest BCUT2D eigenvalue weighted by Gasteiger charge is 2.34. The molecule has 0 saturated heterocycles. The van der Waals surface area contributed by atoms with Gasteiger partial charge < -0.3 is 0 Å². The van der Waals surface area contributed by atoms with Crippen molar-refractivity contribution < 1.29 is 0 Å². The topological polar surface area (TPSA) is 0 Å². The van der Waals surface area contributed by atoms with Gasteiger partial charge in [0, 0.05) is 0 Å². The van der Waals surface area contributed by atoms with E-state index in [9.17, 15) is 0 Å². The quantitative estimate of drug-likeness (QED) is 0.424. The minimum Gasteiger partial charge on any atom is -0.144 e. The van der Waals surface area contributed by atoms with Gasteiger partial charge in [0.25, 0.3) is 0 Å². The number of rotatable bonds is 7. The lowest BCUT2D eigenvalue weighted by atomic mass is 10.6. The molecule has 0 aromatic rings. The highest BCUT2D eigenvalue weighted by molar-refractivity contribution is 8.07. The second kappa shape index (κ2) is 6.45. The molecule has 1 unspecified atom stereocenters. The molecule has 0 aromatic heterocycles. The third-order valence-corrected chi connectivity index (χ3v) is 29.1. The van der Waals surface area contributed by atoms with Crippen LogP contribution in [-0.2, 0) is 0 Å². The van der Waals surface area contributed by atoms with E-state index < -0.39 is 15.5 Å². The van der Waals surface area contributed by atoms with Gasteiger partial charge in [-0.1, -0.05) is 71.4 Å². The fourth-order valence-electron chi connectivity index (χ4n) is 2.13. The molecule has 0 rings (SSSR count). The Balaban J connectivity index is 4.49. The molecule has 0 spiro atoms. The van der Waals surface area contributed by atoms with Gasteiger partial charge in [0.2, 0.25) is 0 Å². The fraction of sp³-hybridized carbons (Fsp3) is 1.00. The van der Waals surface area contributed by atoms with Crippen LogP contribution < -0.4 is 0 Å². The monoisotopic (exact) mass is 248 g/mol. The Morgan fingerprint density at radius 2 is 1.36 bits per heavy atom. The van der Waals surface area contributed by atoms with E-state index in [4.69, 9.17) is 0 Å². The van der Waals surface area contributed by atoms with Crippen molar-refractivity contribution in [3.8, 4) is 0 Å². The highest BCUT2D eigenvalue weighted by Crippen LogP contribution is 2.46. The lowest BCUT2D eigenvalue weighted by molar-refractivity contribution is 1.03. The van der Waals surface area contributed by atoms with Gasteiger partial charge in [-0.2, -0.15) is 0 Å². The van der Waals surface area contributed by atoms with Gasteiger partial charge >= 0.3 is 0 Å². The summed E-state index contributed by atoms with van der Waals surface area (Å²) in [6.45, 7) is 14.9. The lowest BCUT2D eigenvalue weighted by Gasteiger charge is -2.36. The molecule has 3 heteroatoms. The molecular formula is C11H29PSi2. The van der Waals surface area contributed by atoms with Gasteiger partial charge in [0.1, 0.15) is 0 Å². The molecule has 0 amide bonds. The summed E-state index contributed by atoms with van der Waals surface area (Å²) >= 11 is 0. The van der Waals surface area contributed by atoms with Crippen LogP contribution in [0.15, 0.2) is 0 Å². The van der Waals surface area contributed by atoms with Crippen LogP contribution in [0, 0.1) is 0 Å². The Hall–Kier alpha value is 0.864. The van der Waals surface area contributed by atoms with Crippen LogP contribution in [0.2, 0.25) is 37.3 Å². The van der Waals surface area contributed by atoms with Gasteiger partial charge in [0.15, 0.2) is 0 Å². The summed E-state index contributed by atoms with van der Waals surface area (Å²) in [4.78, 5) is 0. The Labute approximate surface area is 94.8 Å². The first kappa shape index (κ1) is 14.9. The maximum Gasteiger partial charge on any atom is 0.0733 e. The predicted octanol–water partition coefficient (Wildman–Crippen LogP) is 5.29. The molecule has 0 aromatic carbocycles. The Morgan fingerprint density at radius 1 is 0.857 bits per heavy atom. The average Bonchev–Trinajstić information content (AvgIpc) is 2.17. The zero-order valence-electron chi connectivity index (χ0n) is 11.0. The smallest absolute Gasteiger partial charge is 0.0733 e. The van der Waals surface area contributed by atoms with E-state index in [1.807, 2.05) is 0 Å². The maximum atomic E-state index is 2.61. The molecule has 0 aliphatic heterocycles. The van der Waals surface area contributed by atoms with Gasteiger partial charge in [-0.05, 0) is 0 Å². The van der Waals surface area contributed by atoms with Crippen molar-refractivity contribution in [1.29, 1.82) is 0 Å². The van der Waals surface area contributed by atoms with Crippen molar-refractivity contribution >= 4 is 23.2 Å². The molecule has 14 heavy (non-hydrogen) atoms. The molecular weight excluding hydrogens is 219 g/mol. The molecule has 0 N–H and O–H groups in total. The Kier molecular flexibility index (Phi) is 6.84. The molecule has 0 nitrogen and oxygen atoms in total. The highest BCUT2D eigenvalue weighted by atomic mass is 31.6. The molecule has 0 heterocycles. The summed E-state index contributed by atoms with van der Waals surface area (Å²) in [6.07, 6.45) is 1.43. The Bertz CT molecular complexity index is 153. The van der Waals surface area contributed by atoms with Crippen molar-refractivity contribution in [2.24, 2.45) is 0 Å². The fourth-order valence-corrected chi connectivity index (χ4v) is 32.2. The van der Waals surface area contributed by atoms with E-state index in [-0.39, 0.29) is 0 Å². The van der Waals surface area contributed by atoms with Gasteiger partial charge in [-0.25, -0.2) is 0 Å². The van der Waals surface area contributed by atoms with Crippen LogP contribution in [0.25, 0.3) is 0 Å². The van der Waals surface area contributed by atoms with Crippen molar-refractivity contribution in [2.45, 2.75) is 71.4 Å². The van der Waals surface area contributed by atoms with E-state index in [1.54, 1.807) is 6.04 Å². The van der Waals surface area contributed by atoms with Crippen LogP contribution >= 0.6 is 7.68 Å². The minimum atomic E-state index is -0.810. The van der Waals surface area contributed by atoms with E-state index in [1.165, 1.54) is 32.2 Å². The second-order valence-corrected chi connectivity index (χ2v) is 24.5. The van der Waals surface area contributed by atoms with Crippen molar-refractivity contribution in [2.75, 3.05) is 0 Å². The summed E-state index contributed by atoms with van der Waals surface area (Å²) in [5.74, 6) is 0. The van der Waals surface area contributed by atoms with Crippen molar-refractivity contribution in [1.82, 2.24) is 0 Å². The zero-order chi connectivity index (χ0) is 11.2. The second-order valence-electron chi connectivity index (χ2n) is 5.10. The minimum absolute atomic E-state index is 0.802. The van der Waals surface area contributed by atoms with Crippen LogP contribution in [-0.4, -0.2) is 15.5 Å². The first-order valence-electron chi connectivity index (χ1n) is 6.24. The van der Waals surface area contributed by atoms with Crippen LogP contribution in [0.1, 0.15) is 34.1 Å². The summed E-state index contributed by atoms with van der Waals surface area (Å²) < 4.78 is 0. The van der Waals surface area contributed by atoms with Crippen molar-refractivity contribution in [3.05, 3.63) is 0 Å². The normalized spacial score (nSPS) is 14.1. The summed E-state index contributed by atoms with van der Waals surface area (Å²) in [5.41, 5.74) is 0. The lowest BCUT2D eigenvalue weighted by Crippen LogP contribution is -2.34. The standard InChI is InChI=1S/C11H29PSi2/c1-7-11-14(9-3,10-4)12-13(5,6)8-2/h12H,7-11H2,1-6H3. The first-order chi connectivity index (χ1) is 6.45. The number of hydrogen-bond donors (Lipinski definition) is 0. The molecule has 0 fully saturated rings. The zero-order valence-corrected chi connectivity index (χ0v) is 14.0. The van der Waals surface area contributed by atoms with Crippen LogP contribution in [0.4, 0.5) is 0 Å². The molecule has 1 atom stereocenters. The SMILES string of the molecule is CCC[Si](CC)(CC)P[Si](C)(C)CC. The predicted molar refractivity (Wildman–Crippen MR) is 78.1 cm³/mol. The molecule has 0 aliphatic rings. The van der Waals surface area contributed by atoms with Crippen molar-refractivity contribution in [3.63, 3.8) is 0 Å². The van der Waals surface area contributed by atoms with Gasteiger partial charge in [0.05, 0.1) is 15.5 Å². The molecule has 0 saturated carbocycles. The summed E-state index contributed by atoms with van der Waals surface area (Å²) in [5, 5.41) is 0. The third-order valence-electron chi connectivity index (χ3n) is 3.57. The van der Waals surface area contributed by atoms with E-state index in [0.29, 0.717) is 0 Å². The van der Waals surface area contributed by atoms with E-state index in [0.717, 1.165) is 0 Å². The summed E-state index contributed by atoms with van der Waals surface area (Å²) in [7, 11) is -0.208. The molecule has 0 bridgehead atoms. The largest absolute Gasteiger partial charge is 0.144 e. The molecule has 0 radical (unpaired) electrons. The van der Waals surface area contributed by atoms with E-state index >= 15 is 0 Å². The van der Waals surface area contributed by atoms with Gasteiger partial charge in [-0.3, -0.25) is 0 Å². The number of hydrogen-bond acceptors (Lipinski definition) is 0. The maximum absolute atomic E-state index is 2.61. The third kappa shape index (κ3) is 4.59. The molecule has 0 aliphatic carbocycles. The summed E-state index contributed by atoms with van der Waals surface area (Å²) in [6, 6.07) is 6.15. The first-order valence-corrected chi connectivity index (χ1v) is 15.1. The average molecular weight is 248 g/mol. The Morgan fingerprint density at radius 3 is 1.64 bits per heavy atom. The van der Waals surface area contributed by atoms with Crippen LogP contribution in [0.3, 0.4) is 0 Å².